The van der Waals surface area contributed by atoms with Gasteiger partial charge in [-0.05, 0) is 0 Å². The molecule has 0 aromatic heterocycles. The summed E-state index contributed by atoms with van der Waals surface area (Å²) < 4.78 is 1.52. The van der Waals surface area contributed by atoms with Crippen molar-refractivity contribution in [3.63, 3.8) is 0 Å². The number of allylic oxidation sites excluding steroid dienone is 1. The van der Waals surface area contributed by atoms with Gasteiger partial charge in [0.25, 0.3) is 0 Å². The first-order valence-electron chi connectivity index (χ1n) is 13.0. The summed E-state index contributed by atoms with van der Waals surface area (Å²) >= 11 is 1.50. The molecule has 0 N–H and O–H groups in total. The van der Waals surface area contributed by atoms with E-state index in [1.165, 1.54) is 87.8 Å². The van der Waals surface area contributed by atoms with Gasteiger partial charge in [0.1, 0.15) is 0 Å². The van der Waals surface area contributed by atoms with E-state index < -0.39 is 8.41 Å². The molecule has 0 aliphatic heterocycles. The van der Waals surface area contributed by atoms with Crippen molar-refractivity contribution in [2.45, 2.75) is 25.9 Å². The smallest absolute Gasteiger partial charge is 1.00 e. The quantitative estimate of drug-likeness (QED) is 0.260. The van der Waals surface area contributed by atoms with Crippen molar-refractivity contribution in [1.82, 2.24) is 0 Å². The first-order valence-corrected chi connectivity index (χ1v) is 16.7. The van der Waals surface area contributed by atoms with E-state index in [2.05, 4.69) is 123 Å². The molecule has 0 fully saturated rings. The van der Waals surface area contributed by atoms with Gasteiger partial charge in [-0.15, -0.1) is 0 Å². The minimum Gasteiger partial charge on any atom is -1.00 e. The van der Waals surface area contributed by atoms with Gasteiger partial charge in [0.2, 0.25) is 0 Å². The Bertz CT molecular complexity index is 2030. The zero-order valence-electron chi connectivity index (χ0n) is 22.1. The Kier molecular flexibility index (Phi) is 7.88. The summed E-state index contributed by atoms with van der Waals surface area (Å²) in [4.78, 5) is 1.58. The minimum atomic E-state index is -0.655. The van der Waals surface area contributed by atoms with Crippen LogP contribution in [0, 0.1) is 15.3 Å². The molecule has 0 radical (unpaired) electrons. The molecule has 7 rings (SSSR count). The third kappa shape index (κ3) is 4.32. The number of rotatable bonds is 2. The van der Waals surface area contributed by atoms with E-state index in [0.29, 0.717) is 5.92 Å². The van der Waals surface area contributed by atoms with Gasteiger partial charge in [0.15, 0.2) is 0 Å². The van der Waals surface area contributed by atoms with Crippen LogP contribution in [0.3, 0.4) is 0 Å². The summed E-state index contributed by atoms with van der Waals surface area (Å²) in [5.74, 6) is 0.305. The average Bonchev–Trinajstić information content (AvgIpc) is 3.41. The van der Waals surface area contributed by atoms with Crippen LogP contribution in [0.15, 0.2) is 103 Å². The molecule has 5 aromatic rings. The largest absolute Gasteiger partial charge is 1.00 e. The van der Waals surface area contributed by atoms with E-state index in [4.69, 9.17) is 0 Å². The number of benzene rings is 5. The maximum atomic E-state index is 2.48. The minimum absolute atomic E-state index is 0. The molecule has 0 spiro atoms. The van der Waals surface area contributed by atoms with Crippen molar-refractivity contribution in [1.29, 1.82) is 0 Å². The van der Waals surface area contributed by atoms with E-state index in [9.17, 15) is 0 Å². The molecular formula is C35H27Cl2SiZr. The van der Waals surface area contributed by atoms with Crippen molar-refractivity contribution in [3.05, 3.63) is 145 Å². The second-order valence-corrected chi connectivity index (χ2v) is 14.3. The second-order valence-electron chi connectivity index (χ2n) is 10.5. The predicted octanol–water partition coefficient (Wildman–Crippen LogP) is 1.95. The third-order valence-corrected chi connectivity index (χ3v) is 11.0. The van der Waals surface area contributed by atoms with E-state index >= 15 is 0 Å². The number of hydrogen-bond donors (Lipinski definition) is 0. The third-order valence-electron chi connectivity index (χ3n) is 8.17. The molecule has 39 heavy (non-hydrogen) atoms. The average molecular weight is 638 g/mol. The van der Waals surface area contributed by atoms with Gasteiger partial charge < -0.3 is 24.8 Å². The first kappa shape index (κ1) is 28.2. The summed E-state index contributed by atoms with van der Waals surface area (Å²) in [6.07, 6.45) is 2.48. The summed E-state index contributed by atoms with van der Waals surface area (Å²) in [6.45, 7) is 7.24. The summed E-state index contributed by atoms with van der Waals surface area (Å²) in [5.41, 5.74) is 10.1. The van der Waals surface area contributed by atoms with Gasteiger partial charge in [0.05, 0.1) is 0 Å². The van der Waals surface area contributed by atoms with Gasteiger partial charge >= 0.3 is 236 Å². The molecule has 189 valence electrons. The van der Waals surface area contributed by atoms with E-state index in [1.807, 2.05) is 0 Å². The van der Waals surface area contributed by atoms with Crippen molar-refractivity contribution >= 4 is 28.5 Å². The normalized spacial score (nSPS) is 14.6. The van der Waals surface area contributed by atoms with Crippen molar-refractivity contribution in [3.8, 4) is 11.1 Å². The van der Waals surface area contributed by atoms with E-state index in [0.717, 1.165) is 0 Å². The fourth-order valence-corrected chi connectivity index (χ4v) is 8.97. The zero-order valence-corrected chi connectivity index (χ0v) is 27.1. The first-order chi connectivity index (χ1) is 18.0. The molecule has 0 heterocycles. The predicted molar refractivity (Wildman–Crippen MR) is 154 cm³/mol. The van der Waals surface area contributed by atoms with E-state index in [-0.39, 0.29) is 24.8 Å². The molecule has 2 aliphatic rings. The van der Waals surface area contributed by atoms with Crippen molar-refractivity contribution in [2.75, 3.05) is 0 Å². The Morgan fingerprint density at radius 1 is 0.667 bits per heavy atom. The van der Waals surface area contributed by atoms with Crippen LogP contribution in [0.4, 0.5) is 0 Å². The van der Waals surface area contributed by atoms with Crippen LogP contribution in [-0.4, -0.2) is 8.41 Å². The fourth-order valence-electron chi connectivity index (χ4n) is 6.55. The summed E-state index contributed by atoms with van der Waals surface area (Å²) in [7, 11) is -0.655. The number of fused-ring (bicyclic) bond motifs is 4. The molecule has 0 nitrogen and oxygen atoms in total. The Hall–Kier alpha value is -2.35. The van der Waals surface area contributed by atoms with Crippen LogP contribution in [0.2, 0.25) is 13.1 Å². The standard InChI is InChI=1S/C35H27Si.2ClH.Zr/c1-22-20-31-28(27-15-8-12-23-10-4-6-13-25(23)27)16-9-17-30(31)34(22)35-32-21-24-11-5-7-14-26(24)29(32)18-19-33(35)36(2)3;;;/h4-20,34H,1-3H3;2*1H;/q;;;+2/p-2. The molecule has 0 saturated heterocycles. The van der Waals surface area contributed by atoms with Crippen LogP contribution in [0.5, 0.6) is 0 Å². The Morgan fingerprint density at radius 2 is 1.33 bits per heavy atom. The SMILES string of the molecule is CC1=Cc2c(-c3cccc4ccccc34)cccc2C1c1c2c(ccc1=[Si](C)C)=c1ccccc1=[C]2[Zr+2].[Cl-].[Cl-]. The Labute approximate surface area is 258 Å². The molecule has 0 saturated carbocycles. The van der Waals surface area contributed by atoms with Crippen LogP contribution in [0.1, 0.15) is 35.1 Å². The molecule has 0 bridgehead atoms. The Morgan fingerprint density at radius 3 is 2.13 bits per heavy atom. The van der Waals surface area contributed by atoms with Gasteiger partial charge in [-0.25, -0.2) is 0 Å². The van der Waals surface area contributed by atoms with Crippen molar-refractivity contribution in [2.24, 2.45) is 0 Å². The summed E-state index contributed by atoms with van der Waals surface area (Å²) in [5, 5.41) is 6.88. The molecule has 2 aliphatic carbocycles. The van der Waals surface area contributed by atoms with Crippen LogP contribution >= 0.6 is 0 Å². The van der Waals surface area contributed by atoms with Crippen LogP contribution < -0.4 is 30.0 Å². The van der Waals surface area contributed by atoms with Gasteiger partial charge in [0, 0.05) is 0 Å². The molecule has 1 unspecified atom stereocenters. The molecule has 1 atom stereocenters. The monoisotopic (exact) mass is 635 g/mol. The number of halogens is 2. The second kappa shape index (κ2) is 10.9. The number of hydrogen-bond acceptors (Lipinski definition) is 0. The summed E-state index contributed by atoms with van der Waals surface area (Å²) in [6, 6.07) is 36.3. The Balaban J connectivity index is 0.00000154. The van der Waals surface area contributed by atoms with Gasteiger partial charge in [-0.1, -0.05) is 0 Å². The van der Waals surface area contributed by atoms with Gasteiger partial charge in [-0.2, -0.15) is 0 Å². The fraction of sp³-hybridized carbons (Fsp3) is 0.114. The van der Waals surface area contributed by atoms with Gasteiger partial charge in [-0.3, -0.25) is 0 Å². The van der Waals surface area contributed by atoms with Crippen molar-refractivity contribution < 1.29 is 49.5 Å². The zero-order chi connectivity index (χ0) is 25.3. The molecule has 0 amide bonds. The topological polar surface area (TPSA) is 0 Å². The molecular weight excluding hydrogens is 611 g/mol. The maximum absolute atomic E-state index is 2.48. The maximum Gasteiger partial charge on any atom is -1.00 e. The molecule has 5 aromatic carbocycles. The van der Waals surface area contributed by atoms with E-state index in [1.54, 1.807) is 10.4 Å². The molecule has 4 heteroatoms. The van der Waals surface area contributed by atoms with Crippen LogP contribution in [0.25, 0.3) is 31.3 Å². The van der Waals surface area contributed by atoms with Crippen LogP contribution in [-0.2, 0) is 24.7 Å².